The second-order valence-corrected chi connectivity index (χ2v) is 7.11. The summed E-state index contributed by atoms with van der Waals surface area (Å²) in [6.45, 7) is 0. The first-order valence-electron chi connectivity index (χ1n) is 9.13. The van der Waals surface area contributed by atoms with E-state index in [1.165, 1.54) is 16.2 Å². The molecule has 146 valence electrons. The molecule has 3 aromatic rings. The van der Waals surface area contributed by atoms with Crippen LogP contribution in [-0.2, 0) is 17.4 Å². The van der Waals surface area contributed by atoms with E-state index in [0.29, 0.717) is 5.70 Å². The molecule has 1 aromatic carbocycles. The second kappa shape index (κ2) is 6.30. The van der Waals surface area contributed by atoms with Crippen molar-refractivity contribution < 1.29 is 18.0 Å². The van der Waals surface area contributed by atoms with Gasteiger partial charge >= 0.3 is 6.18 Å². The van der Waals surface area contributed by atoms with Crippen molar-refractivity contribution in [2.75, 3.05) is 5.32 Å². The van der Waals surface area contributed by atoms with Gasteiger partial charge in [-0.1, -0.05) is 30.3 Å². The van der Waals surface area contributed by atoms with Gasteiger partial charge in [0.05, 0.1) is 5.70 Å². The molecule has 5 rings (SSSR count). The van der Waals surface area contributed by atoms with Gasteiger partial charge < -0.3 is 0 Å². The highest BCUT2D eigenvalue weighted by Crippen LogP contribution is 2.37. The SMILES string of the molecule is O=C(CC1Cc2ccccc21)Nc1nc2ccc(C(F)(F)F)nc2n1C1=CC=C1. The number of benzene rings is 1. The minimum Gasteiger partial charge on any atom is -0.296 e. The topological polar surface area (TPSA) is 59.8 Å². The number of amides is 1. The van der Waals surface area contributed by atoms with E-state index in [-0.39, 0.29) is 35.4 Å². The number of pyridine rings is 1. The summed E-state index contributed by atoms with van der Waals surface area (Å²) in [4.78, 5) is 20.7. The summed E-state index contributed by atoms with van der Waals surface area (Å²) in [5, 5.41) is 2.75. The van der Waals surface area contributed by atoms with Crippen LogP contribution in [0.15, 0.2) is 54.6 Å². The molecule has 2 heterocycles. The number of fused-ring (bicyclic) bond motifs is 2. The second-order valence-electron chi connectivity index (χ2n) is 7.11. The molecular weight excluding hydrogens is 381 g/mol. The van der Waals surface area contributed by atoms with Gasteiger partial charge in [0.25, 0.3) is 0 Å². The number of aromatic nitrogens is 3. The quantitative estimate of drug-likeness (QED) is 0.705. The van der Waals surface area contributed by atoms with E-state index in [4.69, 9.17) is 0 Å². The van der Waals surface area contributed by atoms with Gasteiger partial charge in [0.1, 0.15) is 11.2 Å². The molecule has 0 radical (unpaired) electrons. The molecule has 0 spiro atoms. The van der Waals surface area contributed by atoms with Crippen LogP contribution >= 0.6 is 0 Å². The van der Waals surface area contributed by atoms with E-state index in [1.54, 1.807) is 18.2 Å². The Morgan fingerprint density at radius 3 is 2.66 bits per heavy atom. The number of allylic oxidation sites excluding steroid dienone is 4. The highest BCUT2D eigenvalue weighted by atomic mass is 19.4. The fraction of sp³-hybridized carbons (Fsp3) is 0.190. The summed E-state index contributed by atoms with van der Waals surface area (Å²) >= 11 is 0. The number of imidazole rings is 1. The lowest BCUT2D eigenvalue weighted by molar-refractivity contribution is -0.141. The van der Waals surface area contributed by atoms with Gasteiger partial charge in [0.2, 0.25) is 11.9 Å². The fourth-order valence-electron chi connectivity index (χ4n) is 3.72. The number of nitrogens with zero attached hydrogens (tertiary/aromatic N) is 3. The molecule has 0 aliphatic heterocycles. The lowest BCUT2D eigenvalue weighted by Crippen LogP contribution is -2.24. The fourth-order valence-corrected chi connectivity index (χ4v) is 3.72. The van der Waals surface area contributed by atoms with Gasteiger partial charge in [0.15, 0.2) is 5.65 Å². The van der Waals surface area contributed by atoms with E-state index in [0.717, 1.165) is 18.1 Å². The first-order chi connectivity index (χ1) is 13.9. The molecule has 2 aliphatic rings. The van der Waals surface area contributed by atoms with E-state index < -0.39 is 11.9 Å². The van der Waals surface area contributed by atoms with Crippen LogP contribution in [0, 0.1) is 0 Å². The Morgan fingerprint density at radius 1 is 1.17 bits per heavy atom. The number of rotatable bonds is 4. The normalized spacial score (nSPS) is 17.3. The maximum absolute atomic E-state index is 13.1. The van der Waals surface area contributed by atoms with Gasteiger partial charge in [-0.2, -0.15) is 13.2 Å². The molecule has 0 fully saturated rings. The van der Waals surface area contributed by atoms with Crippen LogP contribution in [0.4, 0.5) is 19.1 Å². The molecule has 2 aromatic heterocycles. The molecule has 2 aliphatic carbocycles. The lowest BCUT2D eigenvalue weighted by atomic mass is 9.76. The highest BCUT2D eigenvalue weighted by Gasteiger charge is 2.34. The molecule has 8 heteroatoms. The molecule has 1 atom stereocenters. The summed E-state index contributed by atoms with van der Waals surface area (Å²) in [5.74, 6) is 0.0721. The van der Waals surface area contributed by atoms with Gasteiger partial charge in [-0.05, 0) is 47.8 Å². The van der Waals surface area contributed by atoms with Crippen molar-refractivity contribution in [3.05, 3.63) is 71.4 Å². The Hall–Kier alpha value is -3.42. The smallest absolute Gasteiger partial charge is 0.296 e. The predicted octanol–water partition coefficient (Wildman–Crippen LogP) is 4.53. The number of hydrogen-bond donors (Lipinski definition) is 1. The summed E-state index contributed by atoms with van der Waals surface area (Å²) in [6.07, 6.45) is 1.77. The van der Waals surface area contributed by atoms with E-state index in [2.05, 4.69) is 15.3 Å². The van der Waals surface area contributed by atoms with Crippen LogP contribution in [0.3, 0.4) is 0 Å². The zero-order valence-corrected chi connectivity index (χ0v) is 15.1. The minimum atomic E-state index is -4.56. The minimum absolute atomic E-state index is 0.0553. The summed E-state index contributed by atoms with van der Waals surface area (Å²) in [6, 6.07) is 10.1. The average molecular weight is 396 g/mol. The molecule has 0 saturated heterocycles. The van der Waals surface area contributed by atoms with Crippen molar-refractivity contribution >= 4 is 28.7 Å². The monoisotopic (exact) mass is 396 g/mol. The Kier molecular flexibility index (Phi) is 3.84. The van der Waals surface area contributed by atoms with Crippen molar-refractivity contribution in [3.8, 4) is 0 Å². The van der Waals surface area contributed by atoms with Gasteiger partial charge in [-0.25, -0.2) is 9.97 Å². The number of carbonyl (C=O) groups is 1. The first-order valence-corrected chi connectivity index (χ1v) is 9.13. The predicted molar refractivity (Wildman–Crippen MR) is 102 cm³/mol. The third-order valence-electron chi connectivity index (χ3n) is 5.23. The zero-order chi connectivity index (χ0) is 20.2. The number of halogens is 3. The molecule has 29 heavy (non-hydrogen) atoms. The van der Waals surface area contributed by atoms with Gasteiger partial charge in [-0.15, -0.1) is 0 Å². The number of anilines is 1. The van der Waals surface area contributed by atoms with Crippen LogP contribution in [0.1, 0.15) is 29.2 Å². The van der Waals surface area contributed by atoms with E-state index in [9.17, 15) is 18.0 Å². The summed E-state index contributed by atoms with van der Waals surface area (Å²) < 4.78 is 40.7. The maximum Gasteiger partial charge on any atom is 0.433 e. The molecule has 0 bridgehead atoms. The largest absolute Gasteiger partial charge is 0.433 e. The van der Waals surface area contributed by atoms with Gasteiger partial charge in [0, 0.05) is 6.42 Å². The molecular formula is C21H15F3N4O. The van der Waals surface area contributed by atoms with Gasteiger partial charge in [-0.3, -0.25) is 14.7 Å². The highest BCUT2D eigenvalue weighted by molar-refractivity contribution is 5.94. The van der Waals surface area contributed by atoms with Crippen LogP contribution in [0.5, 0.6) is 0 Å². The van der Waals surface area contributed by atoms with Crippen LogP contribution in [0.2, 0.25) is 0 Å². The van der Waals surface area contributed by atoms with E-state index in [1.807, 2.05) is 24.3 Å². The first kappa shape index (κ1) is 17.7. The van der Waals surface area contributed by atoms with Crippen LogP contribution < -0.4 is 5.32 Å². The molecule has 1 unspecified atom stereocenters. The number of hydrogen-bond acceptors (Lipinski definition) is 3. The van der Waals surface area contributed by atoms with Crippen molar-refractivity contribution in [2.45, 2.75) is 24.9 Å². The third-order valence-corrected chi connectivity index (χ3v) is 5.23. The Morgan fingerprint density at radius 2 is 1.97 bits per heavy atom. The molecule has 5 nitrogen and oxygen atoms in total. The summed E-state index contributed by atoms with van der Waals surface area (Å²) in [7, 11) is 0. The Balaban J connectivity index is 1.44. The summed E-state index contributed by atoms with van der Waals surface area (Å²) in [5.41, 5.74) is 2.36. The van der Waals surface area contributed by atoms with Crippen molar-refractivity contribution in [3.63, 3.8) is 0 Å². The van der Waals surface area contributed by atoms with Crippen LogP contribution in [0.25, 0.3) is 16.9 Å². The Labute approximate surface area is 163 Å². The molecule has 1 amide bonds. The molecule has 0 saturated carbocycles. The lowest BCUT2D eigenvalue weighted by Gasteiger charge is -2.29. The average Bonchev–Trinajstić information content (AvgIpc) is 2.95. The number of alkyl halides is 3. The number of nitrogens with one attached hydrogen (secondary N) is 1. The van der Waals surface area contributed by atoms with Crippen molar-refractivity contribution in [1.29, 1.82) is 0 Å². The molecule has 1 N–H and O–H groups in total. The van der Waals surface area contributed by atoms with Crippen molar-refractivity contribution in [2.24, 2.45) is 0 Å². The maximum atomic E-state index is 13.1. The van der Waals surface area contributed by atoms with Crippen LogP contribution in [-0.4, -0.2) is 20.4 Å². The van der Waals surface area contributed by atoms with Crippen molar-refractivity contribution in [1.82, 2.24) is 14.5 Å². The standard InChI is InChI=1S/C21H15F3N4O/c22-21(23,24)17-9-8-16-19(26-17)28(14-5-3-6-14)20(25-16)27-18(29)11-13-10-12-4-1-2-7-15(12)13/h1-9,13H,10-11H2,(H,25,27,29). The van der Waals surface area contributed by atoms with E-state index >= 15 is 0 Å². The number of carbonyl (C=O) groups excluding carboxylic acids is 1. The third kappa shape index (κ3) is 3.00. The zero-order valence-electron chi connectivity index (χ0n) is 15.1. The Bertz CT molecular complexity index is 1210.